The maximum atomic E-state index is 5.33. The van der Waals surface area contributed by atoms with E-state index in [2.05, 4.69) is 11.1 Å². The fraction of sp³-hybridized carbons (Fsp3) is 1.00. The smallest absolute Gasteiger partial charge is 0.155 e. The molecule has 3 nitrogen and oxygen atoms in total. The molecule has 0 aromatic carbocycles. The summed E-state index contributed by atoms with van der Waals surface area (Å²) in [7, 11) is 0. The summed E-state index contributed by atoms with van der Waals surface area (Å²) >= 11 is 0. The lowest BCUT2D eigenvalue weighted by Gasteiger charge is -2.17. The van der Waals surface area contributed by atoms with Gasteiger partial charge in [0.15, 0.2) is 6.10 Å². The van der Waals surface area contributed by atoms with Crippen molar-refractivity contribution in [1.29, 1.82) is 0 Å². The molecular weight excluding hydrogens is 104 g/mol. The average Bonchev–Trinajstić information content (AvgIpc) is 1.90. The van der Waals surface area contributed by atoms with Crippen molar-refractivity contribution in [3.8, 4) is 0 Å². The summed E-state index contributed by atoms with van der Waals surface area (Å²) < 4.78 is 5.33. The van der Waals surface area contributed by atoms with Gasteiger partial charge in [0.05, 0.1) is 13.2 Å². The van der Waals surface area contributed by atoms with Crippen molar-refractivity contribution < 1.29 is 15.8 Å². The van der Waals surface area contributed by atoms with E-state index >= 15 is 0 Å². The zero-order chi connectivity index (χ0) is 5.82. The third kappa shape index (κ3) is 1.43. The highest BCUT2D eigenvalue weighted by Gasteiger charge is 2.14. The molecule has 8 heavy (non-hydrogen) atoms. The first kappa shape index (κ1) is 6.01. The fourth-order valence-electron chi connectivity index (χ4n) is 0.891. The number of morpholine rings is 1. The van der Waals surface area contributed by atoms with Gasteiger partial charge in [-0.1, -0.05) is 0 Å². The highest BCUT2D eigenvalue weighted by Crippen LogP contribution is 1.85. The second-order valence-corrected chi connectivity index (χ2v) is 2.09. The molecule has 48 valence electrons. The van der Waals surface area contributed by atoms with Crippen LogP contribution in [0.4, 0.5) is 0 Å². The van der Waals surface area contributed by atoms with Crippen LogP contribution in [0.2, 0.25) is 0 Å². The molecule has 0 bridgehead atoms. The maximum Gasteiger partial charge on any atom is 0.155 e. The summed E-state index contributed by atoms with van der Waals surface area (Å²) in [6, 6.07) is 0. The molecule has 1 atom stereocenters. The maximum absolute atomic E-state index is 5.33. The molecule has 1 heterocycles. The van der Waals surface area contributed by atoms with Gasteiger partial charge >= 0.3 is 0 Å². The lowest BCUT2D eigenvalue weighted by atomic mass is 10.3. The first-order valence-electron chi connectivity index (χ1n) is 3.16. The van der Waals surface area contributed by atoms with E-state index < -0.39 is 0 Å². The zero-order valence-electron chi connectivity index (χ0n) is 5.10. The summed E-state index contributed by atoms with van der Waals surface area (Å²) in [6.07, 6.45) is 0.420. The summed E-state index contributed by atoms with van der Waals surface area (Å²) in [5.74, 6) is 0. The van der Waals surface area contributed by atoms with Crippen LogP contribution in [-0.2, 0) is 4.74 Å². The number of hydrogen-bond acceptors (Lipinski definition) is 1. The summed E-state index contributed by atoms with van der Waals surface area (Å²) in [5.41, 5.74) is 3.76. The van der Waals surface area contributed by atoms with E-state index in [4.69, 9.17) is 4.74 Å². The van der Waals surface area contributed by atoms with Gasteiger partial charge in [0, 0.05) is 0 Å². The first-order chi connectivity index (χ1) is 3.93. The molecule has 1 saturated heterocycles. The van der Waals surface area contributed by atoms with Crippen molar-refractivity contribution >= 4 is 0 Å². The normalized spacial score (nSPS) is 30.4. The van der Waals surface area contributed by atoms with E-state index in [1.54, 1.807) is 0 Å². The Morgan fingerprint density at radius 2 is 2.62 bits per heavy atom. The standard InChI is InChI=1S/C5H12N2O/c6-3-5-4-7-1-2-8-5/h5,7H,1-4,6H2/p+2/t5-/m0/s1. The molecule has 0 aliphatic carbocycles. The van der Waals surface area contributed by atoms with Gasteiger partial charge < -0.3 is 15.8 Å². The van der Waals surface area contributed by atoms with E-state index in [1.165, 1.54) is 0 Å². The van der Waals surface area contributed by atoms with E-state index in [0.29, 0.717) is 6.10 Å². The molecule has 1 fully saturated rings. The minimum absolute atomic E-state index is 0.420. The Labute approximate surface area is 49.2 Å². The van der Waals surface area contributed by atoms with Crippen molar-refractivity contribution in [1.82, 2.24) is 0 Å². The van der Waals surface area contributed by atoms with Crippen LogP contribution in [0.25, 0.3) is 0 Å². The lowest BCUT2D eigenvalue weighted by Crippen LogP contribution is -2.90. The number of nitrogens with two attached hydrogens (primary N) is 1. The van der Waals surface area contributed by atoms with Crippen molar-refractivity contribution in [2.75, 3.05) is 26.2 Å². The minimum atomic E-state index is 0.420. The number of rotatable bonds is 1. The van der Waals surface area contributed by atoms with Crippen LogP contribution in [0.3, 0.4) is 0 Å². The minimum Gasteiger partial charge on any atom is -0.361 e. The van der Waals surface area contributed by atoms with Gasteiger partial charge in [0.1, 0.15) is 13.1 Å². The first-order valence-corrected chi connectivity index (χ1v) is 3.16. The highest BCUT2D eigenvalue weighted by molar-refractivity contribution is 4.52. The average molecular weight is 118 g/mol. The monoisotopic (exact) mass is 118 g/mol. The second kappa shape index (κ2) is 3.02. The van der Waals surface area contributed by atoms with E-state index in [9.17, 15) is 0 Å². The van der Waals surface area contributed by atoms with Crippen LogP contribution in [-0.4, -0.2) is 32.3 Å². The number of quaternary nitrogens is 2. The predicted octanol–water partition coefficient (Wildman–Crippen LogP) is -2.81. The lowest BCUT2D eigenvalue weighted by molar-refractivity contribution is -0.680. The molecule has 1 rings (SSSR count). The van der Waals surface area contributed by atoms with Crippen LogP contribution in [0, 0.1) is 0 Å². The Bertz CT molecular complexity index is 61.4. The Hall–Kier alpha value is -0.120. The molecule has 1 aliphatic heterocycles. The molecule has 3 heteroatoms. The third-order valence-electron chi connectivity index (χ3n) is 1.43. The van der Waals surface area contributed by atoms with E-state index in [0.717, 1.165) is 26.2 Å². The van der Waals surface area contributed by atoms with Gasteiger partial charge in [-0.15, -0.1) is 0 Å². The van der Waals surface area contributed by atoms with Crippen LogP contribution >= 0.6 is 0 Å². The van der Waals surface area contributed by atoms with Crippen molar-refractivity contribution in [3.63, 3.8) is 0 Å². The predicted molar refractivity (Wildman–Crippen MR) is 29.2 cm³/mol. The van der Waals surface area contributed by atoms with Gasteiger partial charge in [0.25, 0.3) is 0 Å². The highest BCUT2D eigenvalue weighted by atomic mass is 16.5. The summed E-state index contributed by atoms with van der Waals surface area (Å²) in [4.78, 5) is 0. The molecule has 0 aromatic heterocycles. The van der Waals surface area contributed by atoms with Crippen molar-refractivity contribution in [3.05, 3.63) is 0 Å². The molecule has 0 spiro atoms. The van der Waals surface area contributed by atoms with Crippen molar-refractivity contribution in [2.45, 2.75) is 6.10 Å². The molecule has 1 aliphatic rings. The van der Waals surface area contributed by atoms with Gasteiger partial charge in [-0.05, 0) is 0 Å². The second-order valence-electron chi connectivity index (χ2n) is 2.09. The molecule has 0 radical (unpaired) electrons. The largest absolute Gasteiger partial charge is 0.361 e. The fourth-order valence-corrected chi connectivity index (χ4v) is 0.891. The summed E-state index contributed by atoms with van der Waals surface area (Å²) in [6.45, 7) is 4.04. The molecule has 0 unspecified atom stereocenters. The zero-order valence-corrected chi connectivity index (χ0v) is 5.10. The number of ether oxygens (including phenoxy) is 1. The molecule has 5 N–H and O–H groups in total. The summed E-state index contributed by atoms with van der Waals surface area (Å²) in [5, 5.41) is 2.28. The molecule has 0 aromatic rings. The van der Waals surface area contributed by atoms with Gasteiger partial charge in [-0.3, -0.25) is 0 Å². The van der Waals surface area contributed by atoms with Crippen molar-refractivity contribution in [2.24, 2.45) is 0 Å². The molecule has 0 saturated carbocycles. The van der Waals surface area contributed by atoms with Gasteiger partial charge in [-0.25, -0.2) is 0 Å². The Balaban J connectivity index is 2.13. The van der Waals surface area contributed by atoms with E-state index in [-0.39, 0.29) is 0 Å². The topological polar surface area (TPSA) is 53.5 Å². The Kier molecular flexibility index (Phi) is 2.27. The Morgan fingerprint density at radius 1 is 1.75 bits per heavy atom. The van der Waals surface area contributed by atoms with Crippen LogP contribution in [0.1, 0.15) is 0 Å². The van der Waals surface area contributed by atoms with Crippen LogP contribution in [0.15, 0.2) is 0 Å². The Morgan fingerprint density at radius 3 is 3.00 bits per heavy atom. The quantitative estimate of drug-likeness (QED) is 0.384. The molecule has 0 amide bonds. The number of hydrogen-bond donors (Lipinski definition) is 2. The molecular formula is C5H14N2O+2. The van der Waals surface area contributed by atoms with Crippen LogP contribution in [0.5, 0.6) is 0 Å². The van der Waals surface area contributed by atoms with Crippen LogP contribution < -0.4 is 11.1 Å². The van der Waals surface area contributed by atoms with Gasteiger partial charge in [0.2, 0.25) is 0 Å². The SMILES string of the molecule is [NH3+]C[C@H]1C[NH2+]CCO1. The third-order valence-corrected chi connectivity index (χ3v) is 1.43. The van der Waals surface area contributed by atoms with E-state index in [1.807, 2.05) is 0 Å². The van der Waals surface area contributed by atoms with Gasteiger partial charge in [-0.2, -0.15) is 0 Å².